The van der Waals surface area contributed by atoms with Gasteiger partial charge >= 0.3 is 5.97 Å². The second-order valence-corrected chi connectivity index (χ2v) is 5.46. The third-order valence-electron chi connectivity index (χ3n) is 2.78. The highest BCUT2D eigenvalue weighted by Crippen LogP contribution is 2.25. The lowest BCUT2D eigenvalue weighted by molar-refractivity contribution is 0.00717. The molecule has 0 N–H and O–H groups in total. The van der Waals surface area contributed by atoms with E-state index < -0.39 is 5.60 Å². The fourth-order valence-corrected chi connectivity index (χ4v) is 2.02. The van der Waals surface area contributed by atoms with Crippen molar-refractivity contribution in [1.82, 2.24) is 0 Å². The molecule has 0 saturated carbocycles. The molecule has 0 aliphatic heterocycles. The van der Waals surface area contributed by atoms with E-state index in [2.05, 4.69) is 6.58 Å². The van der Waals surface area contributed by atoms with Crippen LogP contribution in [0, 0.1) is 0 Å². The van der Waals surface area contributed by atoms with E-state index in [1.165, 1.54) is 0 Å². The third-order valence-corrected chi connectivity index (χ3v) is 2.78. The normalized spacial score (nSPS) is 11.3. The highest BCUT2D eigenvalue weighted by molar-refractivity contribution is 6.07. The van der Waals surface area contributed by atoms with Gasteiger partial charge in [0, 0.05) is 0 Å². The average Bonchev–Trinajstić information content (AvgIpc) is 2.35. The molecule has 0 saturated heterocycles. The summed E-state index contributed by atoms with van der Waals surface area (Å²) >= 11 is 0. The highest BCUT2D eigenvalue weighted by atomic mass is 16.6. The van der Waals surface area contributed by atoms with E-state index in [9.17, 15) is 4.79 Å². The van der Waals surface area contributed by atoms with Gasteiger partial charge in [0.15, 0.2) is 0 Å². The van der Waals surface area contributed by atoms with Crippen molar-refractivity contribution in [2.24, 2.45) is 0 Å². The largest absolute Gasteiger partial charge is 0.456 e. The fraction of sp³-hybridized carbons (Fsp3) is 0.235. The molecule has 2 heteroatoms. The van der Waals surface area contributed by atoms with Crippen LogP contribution in [0.1, 0.15) is 36.7 Å². The van der Waals surface area contributed by atoms with Crippen LogP contribution in [0.3, 0.4) is 0 Å². The molecule has 2 rings (SSSR count). The lowest BCUT2D eigenvalue weighted by Gasteiger charge is -2.21. The Kier molecular flexibility index (Phi) is 3.43. The summed E-state index contributed by atoms with van der Waals surface area (Å²) in [6.07, 6.45) is 1.69. The van der Waals surface area contributed by atoms with Gasteiger partial charge < -0.3 is 4.74 Å². The topological polar surface area (TPSA) is 26.3 Å². The number of hydrogen-bond donors (Lipinski definition) is 0. The molecule has 0 aliphatic rings. The van der Waals surface area contributed by atoms with Crippen LogP contribution in [0.15, 0.2) is 43.0 Å². The van der Waals surface area contributed by atoms with Crippen LogP contribution in [0.2, 0.25) is 0 Å². The first-order chi connectivity index (χ1) is 8.92. The summed E-state index contributed by atoms with van der Waals surface area (Å²) in [5.74, 6) is -0.306. The van der Waals surface area contributed by atoms with Gasteiger partial charge in [-0.15, -0.1) is 0 Å². The van der Waals surface area contributed by atoms with Crippen molar-refractivity contribution in [2.75, 3.05) is 0 Å². The third kappa shape index (κ3) is 2.84. The van der Waals surface area contributed by atoms with Crippen LogP contribution < -0.4 is 0 Å². The molecule has 0 spiro atoms. The first-order valence-corrected chi connectivity index (χ1v) is 6.30. The molecule has 0 radical (unpaired) electrons. The second-order valence-electron chi connectivity index (χ2n) is 5.46. The van der Waals surface area contributed by atoms with Crippen molar-refractivity contribution in [3.63, 3.8) is 0 Å². The molecule has 2 aromatic rings. The molecule has 0 amide bonds. The molecule has 2 nitrogen and oxygen atoms in total. The first kappa shape index (κ1) is 13.3. The van der Waals surface area contributed by atoms with Gasteiger partial charge in [-0.25, -0.2) is 4.79 Å². The van der Waals surface area contributed by atoms with Crippen LogP contribution in [-0.4, -0.2) is 11.6 Å². The summed E-state index contributed by atoms with van der Waals surface area (Å²) in [6, 6.07) is 11.7. The van der Waals surface area contributed by atoms with E-state index in [-0.39, 0.29) is 5.97 Å². The van der Waals surface area contributed by atoms with E-state index in [0.29, 0.717) is 5.56 Å². The van der Waals surface area contributed by atoms with E-state index >= 15 is 0 Å². The fourth-order valence-electron chi connectivity index (χ4n) is 2.02. The molecule has 19 heavy (non-hydrogen) atoms. The van der Waals surface area contributed by atoms with Crippen LogP contribution in [0.4, 0.5) is 0 Å². The van der Waals surface area contributed by atoms with Gasteiger partial charge in [0.1, 0.15) is 5.60 Å². The van der Waals surface area contributed by atoms with Gasteiger partial charge in [0.2, 0.25) is 0 Å². The van der Waals surface area contributed by atoms with Gasteiger partial charge in [0.05, 0.1) is 5.56 Å². The van der Waals surface area contributed by atoms with Crippen LogP contribution in [0.25, 0.3) is 16.8 Å². The summed E-state index contributed by atoms with van der Waals surface area (Å²) in [4.78, 5) is 12.4. The van der Waals surface area contributed by atoms with Crippen LogP contribution in [0.5, 0.6) is 0 Å². The zero-order valence-corrected chi connectivity index (χ0v) is 11.6. The van der Waals surface area contributed by atoms with Gasteiger partial charge in [-0.2, -0.15) is 0 Å². The minimum absolute atomic E-state index is 0.306. The molecule has 0 fully saturated rings. The standard InChI is InChI=1S/C17H18O2/c1-5-12-10-11-13-8-6-7-9-14(13)15(12)16(18)19-17(2,3)4/h5-11H,1H2,2-4H3. The quantitative estimate of drug-likeness (QED) is 0.741. The maximum atomic E-state index is 12.4. The molecular formula is C17H18O2. The maximum Gasteiger partial charge on any atom is 0.339 e. The van der Waals surface area contributed by atoms with Crippen molar-refractivity contribution >= 4 is 22.8 Å². The zero-order chi connectivity index (χ0) is 14.0. The Morgan fingerprint density at radius 1 is 1.16 bits per heavy atom. The summed E-state index contributed by atoms with van der Waals surface area (Å²) in [5, 5.41) is 1.92. The second kappa shape index (κ2) is 4.88. The van der Waals surface area contributed by atoms with Crippen molar-refractivity contribution < 1.29 is 9.53 Å². The monoisotopic (exact) mass is 254 g/mol. The number of ether oxygens (including phenoxy) is 1. The summed E-state index contributed by atoms with van der Waals surface area (Å²) in [7, 11) is 0. The molecule has 2 aromatic carbocycles. The number of rotatable bonds is 2. The van der Waals surface area contributed by atoms with Gasteiger partial charge in [-0.3, -0.25) is 0 Å². The Hall–Kier alpha value is -2.09. The average molecular weight is 254 g/mol. The Morgan fingerprint density at radius 2 is 1.84 bits per heavy atom. The minimum atomic E-state index is -0.507. The SMILES string of the molecule is C=Cc1ccc2ccccc2c1C(=O)OC(C)(C)C. The van der Waals surface area contributed by atoms with Crippen molar-refractivity contribution in [1.29, 1.82) is 0 Å². The van der Waals surface area contributed by atoms with E-state index in [1.807, 2.05) is 57.2 Å². The summed E-state index contributed by atoms with van der Waals surface area (Å²) in [5.41, 5.74) is 0.878. The number of carbonyl (C=O) groups is 1. The van der Waals surface area contributed by atoms with Gasteiger partial charge in [-0.05, 0) is 37.1 Å². The zero-order valence-electron chi connectivity index (χ0n) is 11.6. The molecule has 0 unspecified atom stereocenters. The molecule has 0 aliphatic carbocycles. The summed E-state index contributed by atoms with van der Waals surface area (Å²) in [6.45, 7) is 9.36. The first-order valence-electron chi connectivity index (χ1n) is 6.30. The molecular weight excluding hydrogens is 236 g/mol. The number of benzene rings is 2. The number of hydrogen-bond acceptors (Lipinski definition) is 2. The lowest BCUT2D eigenvalue weighted by Crippen LogP contribution is -2.24. The molecule has 0 aromatic heterocycles. The van der Waals surface area contributed by atoms with Crippen molar-refractivity contribution in [2.45, 2.75) is 26.4 Å². The van der Waals surface area contributed by atoms with Gasteiger partial charge in [0.25, 0.3) is 0 Å². The molecule has 0 atom stereocenters. The maximum absolute atomic E-state index is 12.4. The Balaban J connectivity index is 2.62. The Labute approximate surface area is 113 Å². The van der Waals surface area contributed by atoms with E-state index in [0.717, 1.165) is 16.3 Å². The van der Waals surface area contributed by atoms with Crippen molar-refractivity contribution in [3.05, 3.63) is 54.1 Å². The molecule has 0 bridgehead atoms. The predicted molar refractivity (Wildman–Crippen MR) is 79.2 cm³/mol. The van der Waals surface area contributed by atoms with E-state index in [1.54, 1.807) is 6.08 Å². The summed E-state index contributed by atoms with van der Waals surface area (Å²) < 4.78 is 5.49. The number of esters is 1. The van der Waals surface area contributed by atoms with E-state index in [4.69, 9.17) is 4.74 Å². The minimum Gasteiger partial charge on any atom is -0.456 e. The predicted octanol–water partition coefficient (Wildman–Crippen LogP) is 4.44. The highest BCUT2D eigenvalue weighted by Gasteiger charge is 2.21. The molecule has 98 valence electrons. The van der Waals surface area contributed by atoms with Crippen molar-refractivity contribution in [3.8, 4) is 0 Å². The smallest absolute Gasteiger partial charge is 0.339 e. The Bertz CT molecular complexity index is 633. The van der Waals surface area contributed by atoms with Crippen LogP contribution >= 0.6 is 0 Å². The number of fused-ring (bicyclic) bond motifs is 1. The van der Waals surface area contributed by atoms with Gasteiger partial charge in [-0.1, -0.05) is 49.1 Å². The lowest BCUT2D eigenvalue weighted by atomic mass is 9.98. The number of carbonyl (C=O) groups excluding carboxylic acids is 1. The Morgan fingerprint density at radius 3 is 2.47 bits per heavy atom. The van der Waals surface area contributed by atoms with Crippen LogP contribution in [-0.2, 0) is 4.74 Å². The molecule has 0 heterocycles.